The maximum atomic E-state index is 12.5. The second kappa shape index (κ2) is 5.50. The molecule has 1 atom stereocenters. The number of sulfonamides is 1. The minimum atomic E-state index is -4.54. The zero-order valence-corrected chi connectivity index (χ0v) is 13.2. The van der Waals surface area contributed by atoms with Crippen LogP contribution in [0.1, 0.15) is 12.0 Å². The lowest BCUT2D eigenvalue weighted by Crippen LogP contribution is -2.31. The van der Waals surface area contributed by atoms with Gasteiger partial charge in [-0.15, -0.1) is 0 Å². The summed E-state index contributed by atoms with van der Waals surface area (Å²) >= 11 is 0. The van der Waals surface area contributed by atoms with Gasteiger partial charge in [0.1, 0.15) is 0 Å². The van der Waals surface area contributed by atoms with Gasteiger partial charge in [0.15, 0.2) is 9.84 Å². The molecule has 0 spiro atoms. The van der Waals surface area contributed by atoms with E-state index in [4.69, 9.17) is 0 Å². The fourth-order valence-electron chi connectivity index (χ4n) is 2.23. The van der Waals surface area contributed by atoms with Crippen molar-refractivity contribution in [2.24, 2.45) is 0 Å². The molecule has 22 heavy (non-hydrogen) atoms. The Labute approximate surface area is 126 Å². The topological polar surface area (TPSA) is 71.5 Å². The third-order valence-corrected chi connectivity index (χ3v) is 7.01. The summed E-state index contributed by atoms with van der Waals surface area (Å²) < 4.78 is 85.9. The lowest BCUT2D eigenvalue weighted by Gasteiger charge is -2.16. The number of hydrogen-bond donors (Lipinski definition) is 0. The van der Waals surface area contributed by atoms with Gasteiger partial charge in [-0.3, -0.25) is 0 Å². The van der Waals surface area contributed by atoms with Crippen LogP contribution in [0.25, 0.3) is 0 Å². The van der Waals surface area contributed by atoms with Crippen LogP contribution < -0.4 is 0 Å². The molecule has 0 radical (unpaired) electrons. The van der Waals surface area contributed by atoms with E-state index in [1.807, 2.05) is 0 Å². The van der Waals surface area contributed by atoms with Crippen LogP contribution in [0.5, 0.6) is 0 Å². The Morgan fingerprint density at radius 3 is 2.05 bits per heavy atom. The Morgan fingerprint density at radius 2 is 1.64 bits per heavy atom. The third kappa shape index (κ3) is 3.44. The van der Waals surface area contributed by atoms with E-state index in [2.05, 4.69) is 0 Å². The van der Waals surface area contributed by atoms with E-state index >= 15 is 0 Å². The molecule has 10 heteroatoms. The van der Waals surface area contributed by atoms with Gasteiger partial charge in [-0.25, -0.2) is 16.8 Å². The summed E-state index contributed by atoms with van der Waals surface area (Å²) in [5.74, 6) is 0. The van der Waals surface area contributed by atoms with Crippen molar-refractivity contribution >= 4 is 19.9 Å². The largest absolute Gasteiger partial charge is 0.416 e. The molecule has 0 N–H and O–H groups in total. The first-order chi connectivity index (χ1) is 9.92. The van der Waals surface area contributed by atoms with Crippen molar-refractivity contribution in [2.45, 2.75) is 22.7 Å². The van der Waals surface area contributed by atoms with Crippen LogP contribution in [0.15, 0.2) is 29.2 Å². The van der Waals surface area contributed by atoms with Crippen LogP contribution in [0, 0.1) is 0 Å². The van der Waals surface area contributed by atoms with Crippen molar-refractivity contribution < 1.29 is 30.0 Å². The maximum Gasteiger partial charge on any atom is 0.416 e. The first-order valence-corrected chi connectivity index (χ1v) is 9.68. The molecule has 1 aromatic rings. The SMILES string of the molecule is CS(=O)(=O)C1CCN(S(=O)(=O)c2ccc(C(F)(F)F)cc2)C1. The first kappa shape index (κ1) is 17.2. The number of sulfone groups is 1. The molecule has 1 fully saturated rings. The lowest BCUT2D eigenvalue weighted by atomic mass is 10.2. The molecule has 0 aromatic heterocycles. The molecule has 0 bridgehead atoms. The van der Waals surface area contributed by atoms with E-state index in [0.717, 1.165) is 22.7 Å². The minimum absolute atomic E-state index is 0.0289. The summed E-state index contributed by atoms with van der Waals surface area (Å²) in [6, 6.07) is 3.14. The van der Waals surface area contributed by atoms with E-state index in [1.165, 1.54) is 0 Å². The molecule has 0 saturated carbocycles. The van der Waals surface area contributed by atoms with Crippen LogP contribution >= 0.6 is 0 Å². The average molecular weight is 357 g/mol. The lowest BCUT2D eigenvalue weighted by molar-refractivity contribution is -0.137. The molecule has 1 aliphatic rings. The second-order valence-corrected chi connectivity index (χ2v) is 9.39. The number of benzene rings is 1. The van der Waals surface area contributed by atoms with E-state index in [-0.39, 0.29) is 24.4 Å². The zero-order chi connectivity index (χ0) is 16.8. The predicted octanol–water partition coefficient (Wildman–Crippen LogP) is 1.51. The summed E-state index contributed by atoms with van der Waals surface area (Å²) in [6.07, 6.45) is -3.33. The summed E-state index contributed by atoms with van der Waals surface area (Å²) in [6.45, 7) is -0.150. The summed E-state index contributed by atoms with van der Waals surface area (Å²) in [5.41, 5.74) is -0.943. The number of hydrogen-bond acceptors (Lipinski definition) is 4. The molecule has 1 heterocycles. The molecule has 1 aromatic carbocycles. The van der Waals surface area contributed by atoms with Crippen molar-refractivity contribution in [1.82, 2.24) is 4.31 Å². The Morgan fingerprint density at radius 1 is 1.09 bits per heavy atom. The van der Waals surface area contributed by atoms with E-state index in [0.29, 0.717) is 12.1 Å². The van der Waals surface area contributed by atoms with Crippen LogP contribution in [0.4, 0.5) is 13.2 Å². The van der Waals surface area contributed by atoms with Crippen LogP contribution in [-0.2, 0) is 26.0 Å². The van der Waals surface area contributed by atoms with Gasteiger partial charge in [0.05, 0.1) is 15.7 Å². The highest BCUT2D eigenvalue weighted by atomic mass is 32.2. The van der Waals surface area contributed by atoms with Gasteiger partial charge in [-0.2, -0.15) is 17.5 Å². The third-order valence-electron chi connectivity index (χ3n) is 3.53. The van der Waals surface area contributed by atoms with Crippen molar-refractivity contribution in [2.75, 3.05) is 19.3 Å². The molecule has 1 saturated heterocycles. The molecule has 124 valence electrons. The fourth-order valence-corrected chi connectivity index (χ4v) is 4.81. The van der Waals surface area contributed by atoms with E-state index in [9.17, 15) is 30.0 Å². The highest BCUT2D eigenvalue weighted by molar-refractivity contribution is 7.91. The molecule has 2 rings (SSSR count). The van der Waals surface area contributed by atoms with E-state index in [1.54, 1.807) is 0 Å². The number of rotatable bonds is 3. The van der Waals surface area contributed by atoms with Gasteiger partial charge in [-0.05, 0) is 30.7 Å². The maximum absolute atomic E-state index is 12.5. The summed E-state index contributed by atoms with van der Waals surface area (Å²) in [5, 5.41) is -0.781. The van der Waals surface area contributed by atoms with Crippen molar-refractivity contribution in [3.05, 3.63) is 29.8 Å². The van der Waals surface area contributed by atoms with E-state index < -0.39 is 36.9 Å². The summed E-state index contributed by atoms with van der Waals surface area (Å²) in [4.78, 5) is -0.283. The molecule has 0 aliphatic carbocycles. The Balaban J connectivity index is 2.25. The number of nitrogens with zero attached hydrogens (tertiary/aromatic N) is 1. The van der Waals surface area contributed by atoms with Gasteiger partial charge >= 0.3 is 6.18 Å². The smallest absolute Gasteiger partial charge is 0.229 e. The molecular formula is C12H14F3NO4S2. The molecular weight excluding hydrogens is 343 g/mol. The highest BCUT2D eigenvalue weighted by Crippen LogP contribution is 2.31. The minimum Gasteiger partial charge on any atom is -0.229 e. The van der Waals surface area contributed by atoms with Gasteiger partial charge in [-0.1, -0.05) is 0 Å². The quantitative estimate of drug-likeness (QED) is 0.822. The van der Waals surface area contributed by atoms with Crippen molar-refractivity contribution in [3.8, 4) is 0 Å². The second-order valence-electron chi connectivity index (χ2n) is 5.13. The Hall–Kier alpha value is -1.13. The predicted molar refractivity (Wildman–Crippen MR) is 73.5 cm³/mol. The van der Waals surface area contributed by atoms with Gasteiger partial charge in [0.2, 0.25) is 10.0 Å². The first-order valence-electron chi connectivity index (χ1n) is 6.28. The van der Waals surface area contributed by atoms with Crippen molar-refractivity contribution in [1.29, 1.82) is 0 Å². The highest BCUT2D eigenvalue weighted by Gasteiger charge is 2.37. The average Bonchev–Trinajstić information content (AvgIpc) is 2.88. The van der Waals surface area contributed by atoms with Crippen molar-refractivity contribution in [3.63, 3.8) is 0 Å². The van der Waals surface area contributed by atoms with Crippen LogP contribution in [0.2, 0.25) is 0 Å². The van der Waals surface area contributed by atoms with Gasteiger partial charge < -0.3 is 0 Å². The standard InChI is InChI=1S/C12H14F3NO4S2/c1-21(17,18)11-6-7-16(8-11)22(19,20)10-4-2-9(3-5-10)12(13,14)15/h2-5,11H,6-8H2,1H3. The molecule has 5 nitrogen and oxygen atoms in total. The monoisotopic (exact) mass is 357 g/mol. The van der Waals surface area contributed by atoms with Crippen LogP contribution in [0.3, 0.4) is 0 Å². The molecule has 0 amide bonds. The molecule has 1 unspecified atom stereocenters. The number of alkyl halides is 3. The fraction of sp³-hybridized carbons (Fsp3) is 0.500. The number of halogens is 3. The van der Waals surface area contributed by atoms with Gasteiger partial charge in [0, 0.05) is 19.3 Å². The normalized spacial score (nSPS) is 21.2. The van der Waals surface area contributed by atoms with Crippen LogP contribution in [-0.4, -0.2) is 45.7 Å². The summed E-state index contributed by atoms with van der Waals surface area (Å²) in [7, 11) is -7.35. The Kier molecular flexibility index (Phi) is 4.31. The van der Waals surface area contributed by atoms with Gasteiger partial charge in [0.25, 0.3) is 0 Å². The Bertz CT molecular complexity index is 755. The molecule has 1 aliphatic heterocycles. The zero-order valence-electron chi connectivity index (χ0n) is 11.5.